The number of rotatable bonds is 8. The molecule has 142 valence electrons. The van der Waals surface area contributed by atoms with E-state index in [-0.39, 0.29) is 5.69 Å². The first kappa shape index (κ1) is 19.1. The average Bonchev–Trinajstić information content (AvgIpc) is 3.14. The summed E-state index contributed by atoms with van der Waals surface area (Å²) in [5, 5.41) is 12.4. The van der Waals surface area contributed by atoms with E-state index in [1.165, 1.54) is 0 Å². The lowest BCUT2D eigenvalue weighted by atomic mass is 10.2. The van der Waals surface area contributed by atoms with Crippen LogP contribution in [-0.2, 0) is 6.54 Å². The highest BCUT2D eigenvalue weighted by molar-refractivity contribution is 5.67. The molecule has 0 atom stereocenters. The number of hydrogen-bond acceptors (Lipinski definition) is 6. The average molecular weight is 375 g/mol. The molecule has 1 N–H and O–H groups in total. The Kier molecular flexibility index (Phi) is 6.32. The molecule has 0 aliphatic rings. The Balaban J connectivity index is 1.66. The maximum absolute atomic E-state index is 9.30. The van der Waals surface area contributed by atoms with Crippen molar-refractivity contribution >= 4 is 18.0 Å². The number of ether oxygens (including phenoxy) is 2. The molecule has 6 heteroatoms. The van der Waals surface area contributed by atoms with E-state index in [0.717, 1.165) is 22.6 Å². The first-order chi connectivity index (χ1) is 13.7. The predicted octanol–water partition coefficient (Wildman–Crippen LogP) is 4.74. The van der Waals surface area contributed by atoms with Gasteiger partial charge in [0.05, 0.1) is 13.7 Å². The van der Waals surface area contributed by atoms with E-state index in [0.29, 0.717) is 24.9 Å². The van der Waals surface area contributed by atoms with Gasteiger partial charge in [-0.2, -0.15) is 10.2 Å². The first-order valence-electron chi connectivity index (χ1n) is 8.90. The van der Waals surface area contributed by atoms with Crippen LogP contribution >= 0.6 is 0 Å². The molecule has 1 heterocycles. The van der Waals surface area contributed by atoms with Crippen LogP contribution in [0.25, 0.3) is 12.2 Å². The van der Waals surface area contributed by atoms with E-state index >= 15 is 0 Å². The highest BCUT2D eigenvalue weighted by Crippen LogP contribution is 2.20. The van der Waals surface area contributed by atoms with Crippen molar-refractivity contribution in [2.24, 2.45) is 0 Å². The monoisotopic (exact) mass is 375 g/mol. The summed E-state index contributed by atoms with van der Waals surface area (Å²) in [5.74, 6) is 2.34. The first-order valence-corrected chi connectivity index (χ1v) is 8.90. The lowest BCUT2D eigenvalue weighted by Crippen LogP contribution is -1.99. The zero-order chi connectivity index (χ0) is 19.8. The van der Waals surface area contributed by atoms with Gasteiger partial charge in [0.15, 0.2) is 0 Å². The molecular formula is C22H21N3O3. The Hall–Kier alpha value is -3.72. The van der Waals surface area contributed by atoms with Crippen LogP contribution < -0.4 is 14.8 Å². The van der Waals surface area contributed by atoms with Crippen LogP contribution in [0.3, 0.4) is 0 Å². The van der Waals surface area contributed by atoms with Crippen molar-refractivity contribution in [2.45, 2.75) is 13.5 Å². The van der Waals surface area contributed by atoms with Crippen molar-refractivity contribution in [3.05, 3.63) is 71.2 Å². The third-order valence-corrected chi connectivity index (χ3v) is 3.97. The number of benzene rings is 2. The Morgan fingerprint density at radius 2 is 1.79 bits per heavy atom. The molecule has 0 radical (unpaired) electrons. The van der Waals surface area contributed by atoms with Crippen molar-refractivity contribution < 1.29 is 13.9 Å². The minimum Gasteiger partial charge on any atom is -0.497 e. The fraction of sp³-hybridized carbons (Fsp3) is 0.182. The van der Waals surface area contributed by atoms with E-state index in [1.54, 1.807) is 13.2 Å². The molecule has 0 unspecified atom stereocenters. The highest BCUT2D eigenvalue weighted by Gasteiger charge is 2.11. The van der Waals surface area contributed by atoms with Crippen molar-refractivity contribution in [1.29, 1.82) is 5.26 Å². The minimum absolute atomic E-state index is 0.222. The molecule has 1 aromatic heterocycles. The van der Waals surface area contributed by atoms with Crippen molar-refractivity contribution in [3.63, 3.8) is 0 Å². The summed E-state index contributed by atoms with van der Waals surface area (Å²) in [4.78, 5) is 4.21. The molecular weight excluding hydrogens is 354 g/mol. The molecule has 3 aromatic rings. The third-order valence-electron chi connectivity index (χ3n) is 3.97. The zero-order valence-corrected chi connectivity index (χ0v) is 15.8. The van der Waals surface area contributed by atoms with Gasteiger partial charge in [0, 0.05) is 12.6 Å². The van der Waals surface area contributed by atoms with Crippen LogP contribution in [0.2, 0.25) is 0 Å². The highest BCUT2D eigenvalue weighted by atomic mass is 16.5. The van der Waals surface area contributed by atoms with Crippen LogP contribution in [-0.4, -0.2) is 18.7 Å². The number of anilines is 1. The van der Waals surface area contributed by atoms with E-state index in [4.69, 9.17) is 13.9 Å². The third kappa shape index (κ3) is 4.92. The lowest BCUT2D eigenvalue weighted by molar-refractivity contribution is 0.340. The Morgan fingerprint density at radius 3 is 2.43 bits per heavy atom. The molecule has 0 bridgehead atoms. The van der Waals surface area contributed by atoms with Gasteiger partial charge in [0.2, 0.25) is 17.5 Å². The predicted molar refractivity (Wildman–Crippen MR) is 108 cm³/mol. The Morgan fingerprint density at radius 1 is 1.07 bits per heavy atom. The van der Waals surface area contributed by atoms with E-state index in [9.17, 15) is 5.26 Å². The molecule has 0 spiro atoms. The van der Waals surface area contributed by atoms with Gasteiger partial charge in [-0.25, -0.2) is 0 Å². The van der Waals surface area contributed by atoms with Crippen LogP contribution in [0, 0.1) is 11.3 Å². The largest absolute Gasteiger partial charge is 0.497 e. The number of aromatic nitrogens is 1. The SMILES string of the molecule is CCOc1ccc(C=Cc2nc(C#N)c(NCc3ccc(OC)cc3)o2)cc1. The molecule has 0 aliphatic heterocycles. The normalized spacial score (nSPS) is 10.6. The number of nitrogens with zero attached hydrogens (tertiary/aromatic N) is 2. The number of oxazole rings is 1. The van der Waals surface area contributed by atoms with Crippen molar-refractivity contribution in [3.8, 4) is 17.6 Å². The van der Waals surface area contributed by atoms with Gasteiger partial charge in [-0.1, -0.05) is 24.3 Å². The minimum atomic E-state index is 0.222. The van der Waals surface area contributed by atoms with Gasteiger partial charge in [-0.05, 0) is 48.4 Å². The molecule has 6 nitrogen and oxygen atoms in total. The summed E-state index contributed by atoms with van der Waals surface area (Å²) in [7, 11) is 1.63. The Bertz CT molecular complexity index is 968. The standard InChI is InChI=1S/C22H21N3O3/c1-3-27-19-11-4-16(5-12-19)8-13-21-25-20(14-23)22(28-21)24-15-17-6-9-18(26-2)10-7-17/h4-13,24H,3,15H2,1-2H3. The molecule has 0 fully saturated rings. The quantitative estimate of drug-likeness (QED) is 0.613. The summed E-state index contributed by atoms with van der Waals surface area (Å²) in [5.41, 5.74) is 2.24. The van der Waals surface area contributed by atoms with E-state index in [1.807, 2.05) is 61.5 Å². The maximum atomic E-state index is 9.30. The molecule has 3 rings (SSSR count). The number of nitriles is 1. The second kappa shape index (κ2) is 9.28. The van der Waals surface area contributed by atoms with Crippen molar-refractivity contribution in [1.82, 2.24) is 4.98 Å². The number of hydrogen-bond donors (Lipinski definition) is 1. The Labute approximate surface area is 164 Å². The molecule has 28 heavy (non-hydrogen) atoms. The van der Waals surface area contributed by atoms with Crippen LogP contribution in [0.5, 0.6) is 11.5 Å². The summed E-state index contributed by atoms with van der Waals surface area (Å²) in [6.07, 6.45) is 3.60. The van der Waals surface area contributed by atoms with Gasteiger partial charge in [-0.15, -0.1) is 0 Å². The van der Waals surface area contributed by atoms with E-state index in [2.05, 4.69) is 16.4 Å². The molecule has 0 saturated heterocycles. The zero-order valence-electron chi connectivity index (χ0n) is 15.8. The van der Waals surface area contributed by atoms with Gasteiger partial charge in [-0.3, -0.25) is 0 Å². The summed E-state index contributed by atoms with van der Waals surface area (Å²) >= 11 is 0. The molecule has 0 amide bonds. The van der Waals surface area contributed by atoms with Gasteiger partial charge in [0.25, 0.3) is 0 Å². The fourth-order valence-electron chi connectivity index (χ4n) is 2.54. The summed E-state index contributed by atoms with van der Waals surface area (Å²) < 4.78 is 16.2. The van der Waals surface area contributed by atoms with Crippen LogP contribution in [0.15, 0.2) is 52.9 Å². The van der Waals surface area contributed by atoms with Gasteiger partial charge < -0.3 is 19.2 Å². The molecule has 2 aromatic carbocycles. The molecule has 0 saturated carbocycles. The second-order valence-corrected chi connectivity index (χ2v) is 5.88. The van der Waals surface area contributed by atoms with Crippen LogP contribution in [0.1, 0.15) is 29.6 Å². The number of methoxy groups -OCH3 is 1. The number of nitrogens with one attached hydrogen (secondary N) is 1. The van der Waals surface area contributed by atoms with Crippen LogP contribution in [0.4, 0.5) is 5.88 Å². The summed E-state index contributed by atoms with van der Waals surface area (Å²) in [6.45, 7) is 3.09. The fourth-order valence-corrected chi connectivity index (χ4v) is 2.54. The lowest BCUT2D eigenvalue weighted by Gasteiger charge is -2.04. The van der Waals surface area contributed by atoms with Gasteiger partial charge in [0.1, 0.15) is 17.6 Å². The molecule has 0 aliphatic carbocycles. The van der Waals surface area contributed by atoms with E-state index < -0.39 is 0 Å². The second-order valence-electron chi connectivity index (χ2n) is 5.88. The summed E-state index contributed by atoms with van der Waals surface area (Å²) in [6, 6.07) is 17.4. The maximum Gasteiger partial charge on any atom is 0.232 e. The smallest absolute Gasteiger partial charge is 0.232 e. The van der Waals surface area contributed by atoms with Gasteiger partial charge >= 0.3 is 0 Å². The van der Waals surface area contributed by atoms with Crippen molar-refractivity contribution in [2.75, 3.05) is 19.0 Å². The topological polar surface area (TPSA) is 80.3 Å².